The molecule has 2 aromatic rings. The van der Waals surface area contributed by atoms with E-state index in [1.54, 1.807) is 0 Å². The van der Waals surface area contributed by atoms with Gasteiger partial charge in [-0.1, -0.05) is 22.0 Å². The predicted octanol–water partition coefficient (Wildman–Crippen LogP) is 2.69. The van der Waals surface area contributed by atoms with E-state index in [4.69, 9.17) is 5.11 Å². The fraction of sp³-hybridized carbons (Fsp3) is 0.357. The number of nitrogens with zero attached hydrogens (tertiary/aromatic N) is 2. The molecule has 0 amide bonds. The van der Waals surface area contributed by atoms with Gasteiger partial charge in [-0.25, -0.2) is 0 Å². The first kappa shape index (κ1) is 12.7. The lowest BCUT2D eigenvalue weighted by molar-refractivity contribution is -0.137. The van der Waals surface area contributed by atoms with Crippen molar-refractivity contribution >= 4 is 32.8 Å². The number of halogens is 1. The Hall–Kier alpha value is -1.33. The van der Waals surface area contributed by atoms with Crippen LogP contribution in [0, 0.1) is 0 Å². The van der Waals surface area contributed by atoms with Gasteiger partial charge in [-0.3, -0.25) is 9.69 Å². The molecule has 0 radical (unpaired) electrons. The Morgan fingerprint density at radius 2 is 2.16 bits per heavy atom. The van der Waals surface area contributed by atoms with Crippen molar-refractivity contribution in [2.45, 2.75) is 19.5 Å². The van der Waals surface area contributed by atoms with Crippen LogP contribution in [0.25, 0.3) is 10.9 Å². The van der Waals surface area contributed by atoms with Crippen LogP contribution in [0.3, 0.4) is 0 Å². The monoisotopic (exact) mass is 322 g/mol. The summed E-state index contributed by atoms with van der Waals surface area (Å²) in [5.41, 5.74) is 2.52. The molecule has 5 heteroatoms. The zero-order chi connectivity index (χ0) is 13.4. The van der Waals surface area contributed by atoms with Gasteiger partial charge in [-0.2, -0.15) is 0 Å². The van der Waals surface area contributed by atoms with Crippen molar-refractivity contribution in [3.63, 3.8) is 0 Å². The van der Waals surface area contributed by atoms with Crippen LogP contribution in [0.4, 0.5) is 0 Å². The highest BCUT2D eigenvalue weighted by atomic mass is 79.9. The van der Waals surface area contributed by atoms with Crippen LogP contribution in [0.15, 0.2) is 28.7 Å². The van der Waals surface area contributed by atoms with E-state index in [1.807, 2.05) is 0 Å². The minimum atomic E-state index is -0.727. The van der Waals surface area contributed by atoms with E-state index in [-0.39, 0.29) is 6.42 Å². The van der Waals surface area contributed by atoms with Crippen molar-refractivity contribution in [2.75, 3.05) is 13.1 Å². The SMILES string of the molecule is O=C(O)CCN1CCn2c(cc3ccc(Br)cc32)C1. The summed E-state index contributed by atoms with van der Waals surface area (Å²) < 4.78 is 3.42. The Morgan fingerprint density at radius 1 is 1.32 bits per heavy atom. The second-order valence-corrected chi connectivity index (χ2v) is 5.83. The van der Waals surface area contributed by atoms with Crippen molar-refractivity contribution in [3.05, 3.63) is 34.4 Å². The van der Waals surface area contributed by atoms with Crippen molar-refractivity contribution in [2.24, 2.45) is 0 Å². The Balaban J connectivity index is 1.85. The molecule has 100 valence electrons. The summed E-state index contributed by atoms with van der Waals surface area (Å²) in [6.07, 6.45) is 0.214. The third-order valence-electron chi connectivity index (χ3n) is 3.62. The van der Waals surface area contributed by atoms with Crippen LogP contribution in [0.5, 0.6) is 0 Å². The third-order valence-corrected chi connectivity index (χ3v) is 4.11. The molecule has 1 aromatic carbocycles. The first-order valence-corrected chi connectivity index (χ1v) is 7.14. The molecule has 0 saturated heterocycles. The molecule has 1 aromatic heterocycles. The van der Waals surface area contributed by atoms with E-state index in [2.05, 4.69) is 49.7 Å². The van der Waals surface area contributed by atoms with E-state index >= 15 is 0 Å². The molecule has 0 atom stereocenters. The normalized spacial score (nSPS) is 15.6. The van der Waals surface area contributed by atoms with Gasteiger partial charge in [0.1, 0.15) is 0 Å². The van der Waals surface area contributed by atoms with Gasteiger partial charge in [-0.15, -0.1) is 0 Å². The molecule has 2 heterocycles. The Kier molecular flexibility index (Phi) is 3.33. The predicted molar refractivity (Wildman–Crippen MR) is 77.2 cm³/mol. The largest absolute Gasteiger partial charge is 0.481 e. The van der Waals surface area contributed by atoms with Gasteiger partial charge >= 0.3 is 5.97 Å². The van der Waals surface area contributed by atoms with Gasteiger partial charge in [0.2, 0.25) is 0 Å². The molecule has 0 saturated carbocycles. The fourth-order valence-corrected chi connectivity index (χ4v) is 3.02. The quantitative estimate of drug-likeness (QED) is 0.945. The van der Waals surface area contributed by atoms with Crippen LogP contribution in [0.1, 0.15) is 12.1 Å². The van der Waals surface area contributed by atoms with Crippen molar-refractivity contribution in [3.8, 4) is 0 Å². The fourth-order valence-electron chi connectivity index (χ4n) is 2.67. The number of aliphatic carboxylic acids is 1. The van der Waals surface area contributed by atoms with Crippen LogP contribution in [0.2, 0.25) is 0 Å². The van der Waals surface area contributed by atoms with Crippen LogP contribution < -0.4 is 0 Å². The number of fused-ring (bicyclic) bond motifs is 3. The van der Waals surface area contributed by atoms with Gasteiger partial charge in [-0.05, 0) is 23.6 Å². The maximum absolute atomic E-state index is 10.6. The zero-order valence-electron chi connectivity index (χ0n) is 10.5. The van der Waals surface area contributed by atoms with Crippen molar-refractivity contribution in [1.29, 1.82) is 0 Å². The highest BCUT2D eigenvalue weighted by Crippen LogP contribution is 2.26. The number of aromatic nitrogens is 1. The lowest BCUT2D eigenvalue weighted by Crippen LogP contribution is -2.34. The Bertz CT molecular complexity index is 636. The molecule has 1 N–H and O–H groups in total. The van der Waals surface area contributed by atoms with Crippen molar-refractivity contribution < 1.29 is 9.90 Å². The summed E-state index contributed by atoms with van der Waals surface area (Å²) in [5.74, 6) is -0.727. The molecular weight excluding hydrogens is 308 g/mol. The molecule has 0 aliphatic carbocycles. The van der Waals surface area contributed by atoms with Gasteiger partial charge in [0.05, 0.1) is 6.42 Å². The van der Waals surface area contributed by atoms with Crippen LogP contribution >= 0.6 is 15.9 Å². The smallest absolute Gasteiger partial charge is 0.304 e. The standard InChI is InChI=1S/C14H15BrN2O2/c15-11-2-1-10-7-12-9-16(4-3-14(18)19)5-6-17(12)13(10)8-11/h1-2,7-8H,3-6,9H2,(H,18,19). The van der Waals surface area contributed by atoms with E-state index in [0.717, 1.165) is 24.1 Å². The summed E-state index contributed by atoms with van der Waals surface area (Å²) in [6, 6.07) is 8.52. The second kappa shape index (κ2) is 4.98. The number of carboxylic acids is 1. The lowest BCUT2D eigenvalue weighted by Gasteiger charge is -2.28. The molecule has 0 unspecified atom stereocenters. The molecule has 0 fully saturated rings. The van der Waals surface area contributed by atoms with Gasteiger partial charge < -0.3 is 9.67 Å². The molecule has 3 rings (SSSR count). The number of benzene rings is 1. The summed E-state index contributed by atoms with van der Waals surface area (Å²) in [7, 11) is 0. The van der Waals surface area contributed by atoms with E-state index < -0.39 is 5.97 Å². The first-order chi connectivity index (χ1) is 9.13. The number of carboxylic acid groups (broad SMARTS) is 1. The second-order valence-electron chi connectivity index (χ2n) is 4.91. The molecule has 0 spiro atoms. The summed E-state index contributed by atoms with van der Waals surface area (Å²) in [4.78, 5) is 12.8. The molecule has 1 aliphatic rings. The van der Waals surface area contributed by atoms with Crippen LogP contribution in [-0.4, -0.2) is 33.6 Å². The van der Waals surface area contributed by atoms with Gasteiger partial charge in [0.25, 0.3) is 0 Å². The maximum Gasteiger partial charge on any atom is 0.304 e. The summed E-state index contributed by atoms with van der Waals surface area (Å²) >= 11 is 3.51. The lowest BCUT2D eigenvalue weighted by atomic mass is 10.2. The van der Waals surface area contributed by atoms with Gasteiger partial charge in [0.15, 0.2) is 0 Å². The molecule has 19 heavy (non-hydrogen) atoms. The number of hydrogen-bond donors (Lipinski definition) is 1. The van der Waals surface area contributed by atoms with Gasteiger partial charge in [0, 0.05) is 41.9 Å². The number of rotatable bonds is 3. The molecule has 4 nitrogen and oxygen atoms in total. The molecular formula is C14H15BrN2O2. The highest BCUT2D eigenvalue weighted by Gasteiger charge is 2.18. The zero-order valence-corrected chi connectivity index (χ0v) is 12.1. The Labute approximate surface area is 119 Å². The van der Waals surface area contributed by atoms with E-state index in [9.17, 15) is 4.79 Å². The maximum atomic E-state index is 10.6. The first-order valence-electron chi connectivity index (χ1n) is 6.35. The molecule has 1 aliphatic heterocycles. The van der Waals surface area contributed by atoms with E-state index in [1.165, 1.54) is 16.6 Å². The van der Waals surface area contributed by atoms with Crippen LogP contribution in [-0.2, 0) is 17.9 Å². The average molecular weight is 323 g/mol. The highest BCUT2D eigenvalue weighted by molar-refractivity contribution is 9.10. The average Bonchev–Trinajstić information content (AvgIpc) is 2.73. The minimum absolute atomic E-state index is 0.214. The third kappa shape index (κ3) is 2.53. The minimum Gasteiger partial charge on any atom is -0.481 e. The van der Waals surface area contributed by atoms with E-state index in [0.29, 0.717) is 6.54 Å². The van der Waals surface area contributed by atoms with Crippen molar-refractivity contribution in [1.82, 2.24) is 9.47 Å². The Morgan fingerprint density at radius 3 is 2.95 bits per heavy atom. The topological polar surface area (TPSA) is 45.5 Å². The summed E-state index contributed by atoms with van der Waals surface area (Å²) in [5, 5.41) is 10.00. The number of hydrogen-bond acceptors (Lipinski definition) is 2. The summed E-state index contributed by atoms with van der Waals surface area (Å²) in [6.45, 7) is 3.30. The number of carbonyl (C=O) groups is 1. The molecule has 0 bridgehead atoms.